The summed E-state index contributed by atoms with van der Waals surface area (Å²) in [4.78, 5) is 11.8. The lowest BCUT2D eigenvalue weighted by molar-refractivity contribution is -0.130. The van der Waals surface area contributed by atoms with Crippen LogP contribution in [0.1, 0.15) is 45.4 Å². The van der Waals surface area contributed by atoms with Gasteiger partial charge in [0.05, 0.1) is 11.7 Å². The molecule has 1 saturated heterocycles. The van der Waals surface area contributed by atoms with Crippen molar-refractivity contribution in [2.45, 2.75) is 57.2 Å². The smallest absolute Gasteiger partial charge is 0.246 e. The summed E-state index contributed by atoms with van der Waals surface area (Å²) in [5.74, 6) is 0.423. The number of rotatable bonds is 5. The molecule has 0 radical (unpaired) electrons. The normalized spacial score (nSPS) is 32.0. The Morgan fingerprint density at radius 3 is 2.85 bits per heavy atom. The van der Waals surface area contributed by atoms with Crippen molar-refractivity contribution in [1.29, 1.82) is 0 Å². The molecule has 0 aromatic heterocycles. The average molecular weight is 284 g/mol. The minimum Gasteiger partial charge on any atom is -0.388 e. The van der Waals surface area contributed by atoms with E-state index in [-0.39, 0.29) is 18.6 Å². The number of amides is 1. The highest BCUT2D eigenvalue weighted by Gasteiger charge is 2.32. The molecule has 2 aliphatic rings. The molecule has 0 aromatic rings. The van der Waals surface area contributed by atoms with Gasteiger partial charge in [-0.15, -0.1) is 0 Å². The van der Waals surface area contributed by atoms with E-state index in [0.29, 0.717) is 12.5 Å². The Labute approximate surface area is 121 Å². The van der Waals surface area contributed by atoms with Gasteiger partial charge in [0, 0.05) is 6.54 Å². The largest absolute Gasteiger partial charge is 0.388 e. The van der Waals surface area contributed by atoms with Gasteiger partial charge in [0.25, 0.3) is 0 Å². The number of carbonyl (C=O) groups is 1. The van der Waals surface area contributed by atoms with Crippen molar-refractivity contribution in [3.8, 4) is 0 Å². The fraction of sp³-hybridized carbons (Fsp3) is 0.933. The van der Waals surface area contributed by atoms with Gasteiger partial charge in [0.2, 0.25) is 5.91 Å². The molecule has 0 spiro atoms. The topological polar surface area (TPSA) is 70.6 Å². The molecule has 20 heavy (non-hydrogen) atoms. The summed E-state index contributed by atoms with van der Waals surface area (Å²) in [5.41, 5.74) is -0.720. The summed E-state index contributed by atoms with van der Waals surface area (Å²) in [5, 5.41) is 16.5. The van der Waals surface area contributed by atoms with Gasteiger partial charge in [0.15, 0.2) is 0 Å². The van der Waals surface area contributed by atoms with Crippen LogP contribution in [0.25, 0.3) is 0 Å². The molecule has 5 nitrogen and oxygen atoms in total. The van der Waals surface area contributed by atoms with Gasteiger partial charge in [0.1, 0.15) is 6.61 Å². The minimum atomic E-state index is -0.720. The number of hydrogen-bond acceptors (Lipinski definition) is 4. The summed E-state index contributed by atoms with van der Waals surface area (Å²) in [6.45, 7) is 4.54. The maximum Gasteiger partial charge on any atom is 0.246 e. The van der Waals surface area contributed by atoms with Gasteiger partial charge >= 0.3 is 0 Å². The minimum absolute atomic E-state index is 0.107. The Bertz CT molecular complexity index is 318. The van der Waals surface area contributed by atoms with Crippen LogP contribution in [0.4, 0.5) is 0 Å². The molecule has 5 heteroatoms. The summed E-state index contributed by atoms with van der Waals surface area (Å²) < 4.78 is 5.60. The van der Waals surface area contributed by atoms with Crippen LogP contribution in [-0.4, -0.2) is 49.0 Å². The van der Waals surface area contributed by atoms with E-state index in [2.05, 4.69) is 17.6 Å². The summed E-state index contributed by atoms with van der Waals surface area (Å²) >= 11 is 0. The Morgan fingerprint density at radius 2 is 2.15 bits per heavy atom. The SMILES string of the molecule is CC1CCCC(O)(CNC(=O)COC2CCNCC2)C1. The third kappa shape index (κ3) is 5.04. The zero-order chi connectivity index (χ0) is 14.4. The Morgan fingerprint density at radius 1 is 1.40 bits per heavy atom. The fourth-order valence-corrected chi connectivity index (χ4v) is 3.26. The maximum absolute atomic E-state index is 11.8. The molecular weight excluding hydrogens is 256 g/mol. The molecule has 116 valence electrons. The average Bonchev–Trinajstić information content (AvgIpc) is 2.44. The van der Waals surface area contributed by atoms with Crippen LogP contribution >= 0.6 is 0 Å². The van der Waals surface area contributed by atoms with Gasteiger partial charge in [-0.1, -0.05) is 19.8 Å². The third-order valence-electron chi connectivity index (χ3n) is 4.42. The van der Waals surface area contributed by atoms with Gasteiger partial charge < -0.3 is 20.5 Å². The predicted octanol–water partition coefficient (Wildman–Crippen LogP) is 0.812. The van der Waals surface area contributed by atoms with Crippen LogP contribution in [0.3, 0.4) is 0 Å². The van der Waals surface area contributed by atoms with Crippen molar-refractivity contribution in [2.75, 3.05) is 26.2 Å². The van der Waals surface area contributed by atoms with Crippen molar-refractivity contribution in [2.24, 2.45) is 5.92 Å². The van der Waals surface area contributed by atoms with E-state index in [4.69, 9.17) is 4.74 Å². The number of hydrogen-bond donors (Lipinski definition) is 3. The first kappa shape index (κ1) is 15.7. The first-order valence-corrected chi connectivity index (χ1v) is 7.89. The molecule has 2 fully saturated rings. The lowest BCUT2D eigenvalue weighted by atomic mass is 9.79. The molecular formula is C15H28N2O3. The zero-order valence-electron chi connectivity index (χ0n) is 12.5. The molecule has 0 aromatic carbocycles. The van der Waals surface area contributed by atoms with E-state index in [1.165, 1.54) is 6.42 Å². The number of ether oxygens (including phenoxy) is 1. The Kier molecular flexibility index (Phi) is 5.81. The Hall–Kier alpha value is -0.650. The van der Waals surface area contributed by atoms with E-state index in [1.807, 2.05) is 0 Å². The van der Waals surface area contributed by atoms with Crippen molar-refractivity contribution in [3.05, 3.63) is 0 Å². The number of nitrogens with one attached hydrogen (secondary N) is 2. The number of aliphatic hydroxyl groups is 1. The second-order valence-corrected chi connectivity index (χ2v) is 6.46. The van der Waals surface area contributed by atoms with Gasteiger partial charge in [-0.25, -0.2) is 0 Å². The molecule has 1 heterocycles. The quantitative estimate of drug-likeness (QED) is 0.699. The zero-order valence-corrected chi connectivity index (χ0v) is 12.5. The first-order chi connectivity index (χ1) is 9.57. The molecule has 1 aliphatic carbocycles. The molecule has 2 rings (SSSR count). The van der Waals surface area contributed by atoms with Gasteiger partial charge in [-0.2, -0.15) is 0 Å². The van der Waals surface area contributed by atoms with Crippen LogP contribution in [0.2, 0.25) is 0 Å². The van der Waals surface area contributed by atoms with Crippen LogP contribution in [-0.2, 0) is 9.53 Å². The second-order valence-electron chi connectivity index (χ2n) is 6.46. The molecule has 2 atom stereocenters. The highest BCUT2D eigenvalue weighted by Crippen LogP contribution is 2.31. The van der Waals surface area contributed by atoms with Crippen molar-refractivity contribution in [1.82, 2.24) is 10.6 Å². The summed E-state index contributed by atoms with van der Waals surface area (Å²) in [6, 6.07) is 0. The standard InChI is InChI=1S/C15H28N2O3/c1-12-3-2-6-15(19,9-12)11-17-14(18)10-20-13-4-7-16-8-5-13/h12-13,16,19H,2-11H2,1H3,(H,17,18). The van der Waals surface area contributed by atoms with E-state index in [1.54, 1.807) is 0 Å². The van der Waals surface area contributed by atoms with Gasteiger partial charge in [-0.3, -0.25) is 4.79 Å². The van der Waals surface area contributed by atoms with E-state index in [0.717, 1.165) is 45.2 Å². The number of piperidine rings is 1. The van der Waals surface area contributed by atoms with Crippen molar-refractivity contribution in [3.63, 3.8) is 0 Å². The number of carbonyl (C=O) groups excluding carboxylic acids is 1. The Balaban J connectivity index is 1.64. The monoisotopic (exact) mass is 284 g/mol. The molecule has 1 amide bonds. The van der Waals surface area contributed by atoms with E-state index in [9.17, 15) is 9.90 Å². The van der Waals surface area contributed by atoms with E-state index >= 15 is 0 Å². The highest BCUT2D eigenvalue weighted by molar-refractivity contribution is 5.77. The lowest BCUT2D eigenvalue weighted by Crippen LogP contribution is -2.47. The first-order valence-electron chi connectivity index (χ1n) is 7.89. The van der Waals surface area contributed by atoms with Crippen molar-refractivity contribution >= 4 is 5.91 Å². The predicted molar refractivity (Wildman–Crippen MR) is 77.4 cm³/mol. The summed E-state index contributed by atoms with van der Waals surface area (Å²) in [6.07, 6.45) is 5.91. The lowest BCUT2D eigenvalue weighted by Gasteiger charge is -2.35. The highest BCUT2D eigenvalue weighted by atomic mass is 16.5. The van der Waals surface area contributed by atoms with Crippen LogP contribution in [0, 0.1) is 5.92 Å². The maximum atomic E-state index is 11.8. The van der Waals surface area contributed by atoms with Crippen LogP contribution < -0.4 is 10.6 Å². The van der Waals surface area contributed by atoms with Crippen LogP contribution in [0.5, 0.6) is 0 Å². The summed E-state index contributed by atoms with van der Waals surface area (Å²) in [7, 11) is 0. The van der Waals surface area contributed by atoms with E-state index < -0.39 is 5.60 Å². The fourth-order valence-electron chi connectivity index (χ4n) is 3.26. The third-order valence-corrected chi connectivity index (χ3v) is 4.42. The molecule has 1 saturated carbocycles. The molecule has 1 aliphatic heterocycles. The van der Waals surface area contributed by atoms with Gasteiger partial charge in [-0.05, 0) is 44.7 Å². The molecule has 2 unspecified atom stereocenters. The molecule has 0 bridgehead atoms. The molecule has 3 N–H and O–H groups in total. The van der Waals surface area contributed by atoms with Crippen LogP contribution in [0.15, 0.2) is 0 Å². The second kappa shape index (κ2) is 7.38. The van der Waals surface area contributed by atoms with Crippen molar-refractivity contribution < 1.29 is 14.6 Å².